The van der Waals surface area contributed by atoms with Crippen LogP contribution in [0.1, 0.15) is 12.5 Å². The molecule has 0 saturated carbocycles. The summed E-state index contributed by atoms with van der Waals surface area (Å²) in [5.41, 5.74) is 2.12. The SMILES string of the molecule is Cc1ccc2sc(NC(C)CS(C)(=O)=O)nc2c1. The molecule has 0 aliphatic carbocycles. The van der Waals surface area contributed by atoms with Crippen molar-refractivity contribution in [3.63, 3.8) is 0 Å². The van der Waals surface area contributed by atoms with E-state index in [0.717, 1.165) is 15.3 Å². The van der Waals surface area contributed by atoms with E-state index in [4.69, 9.17) is 0 Å². The maximum absolute atomic E-state index is 11.2. The number of aryl methyl sites for hydroxylation is 1. The first-order chi connectivity index (χ1) is 8.33. The summed E-state index contributed by atoms with van der Waals surface area (Å²) < 4.78 is 23.5. The number of hydrogen-bond acceptors (Lipinski definition) is 5. The highest BCUT2D eigenvalue weighted by Gasteiger charge is 2.12. The Kier molecular flexibility index (Phi) is 3.59. The van der Waals surface area contributed by atoms with E-state index in [-0.39, 0.29) is 11.8 Å². The smallest absolute Gasteiger partial charge is 0.184 e. The van der Waals surface area contributed by atoms with Gasteiger partial charge in [0.05, 0.1) is 16.0 Å². The number of rotatable bonds is 4. The zero-order chi connectivity index (χ0) is 13.3. The van der Waals surface area contributed by atoms with Crippen molar-refractivity contribution in [1.82, 2.24) is 4.98 Å². The maximum atomic E-state index is 11.2. The van der Waals surface area contributed by atoms with Crippen molar-refractivity contribution in [2.45, 2.75) is 19.9 Å². The Bertz CT molecular complexity index is 662. The number of hydrogen-bond donors (Lipinski definition) is 1. The largest absolute Gasteiger partial charge is 0.358 e. The Morgan fingerprint density at radius 1 is 1.44 bits per heavy atom. The number of nitrogens with one attached hydrogen (secondary N) is 1. The fourth-order valence-corrected chi connectivity index (χ4v) is 3.75. The van der Waals surface area contributed by atoms with Crippen molar-refractivity contribution in [3.05, 3.63) is 23.8 Å². The summed E-state index contributed by atoms with van der Waals surface area (Å²) in [6.45, 7) is 3.87. The van der Waals surface area contributed by atoms with Gasteiger partial charge in [0.15, 0.2) is 5.13 Å². The van der Waals surface area contributed by atoms with Crippen molar-refractivity contribution in [3.8, 4) is 0 Å². The third kappa shape index (κ3) is 3.43. The van der Waals surface area contributed by atoms with E-state index in [1.807, 2.05) is 32.0 Å². The number of nitrogens with zero attached hydrogens (tertiary/aromatic N) is 1. The van der Waals surface area contributed by atoms with Gasteiger partial charge in [0.2, 0.25) is 0 Å². The quantitative estimate of drug-likeness (QED) is 0.937. The van der Waals surface area contributed by atoms with Crippen molar-refractivity contribution in [2.75, 3.05) is 17.3 Å². The molecule has 1 aromatic heterocycles. The van der Waals surface area contributed by atoms with Crippen molar-refractivity contribution >= 4 is 36.5 Å². The highest BCUT2D eigenvalue weighted by Crippen LogP contribution is 2.26. The van der Waals surface area contributed by atoms with Crippen molar-refractivity contribution in [1.29, 1.82) is 0 Å². The van der Waals surface area contributed by atoms with Crippen LogP contribution >= 0.6 is 11.3 Å². The lowest BCUT2D eigenvalue weighted by Crippen LogP contribution is -2.24. The summed E-state index contributed by atoms with van der Waals surface area (Å²) in [5.74, 6) is 0.113. The second kappa shape index (κ2) is 4.85. The second-order valence-corrected chi connectivity index (χ2v) is 7.84. The van der Waals surface area contributed by atoms with Gasteiger partial charge in [0.1, 0.15) is 9.84 Å². The normalized spacial score (nSPS) is 13.7. The lowest BCUT2D eigenvalue weighted by atomic mass is 10.2. The van der Waals surface area contributed by atoms with Gasteiger partial charge in [-0.3, -0.25) is 0 Å². The first-order valence-corrected chi connectivity index (χ1v) is 8.53. The minimum atomic E-state index is -2.97. The fourth-order valence-electron chi connectivity index (χ4n) is 1.81. The van der Waals surface area contributed by atoms with Crippen LogP contribution < -0.4 is 5.32 Å². The molecule has 1 unspecified atom stereocenters. The molecule has 6 heteroatoms. The molecule has 18 heavy (non-hydrogen) atoms. The highest BCUT2D eigenvalue weighted by atomic mass is 32.2. The molecule has 2 aromatic rings. The number of thiazole rings is 1. The predicted octanol–water partition coefficient (Wildman–Crippen LogP) is 2.45. The molecule has 1 aromatic carbocycles. The van der Waals surface area contributed by atoms with E-state index >= 15 is 0 Å². The zero-order valence-corrected chi connectivity index (χ0v) is 12.2. The third-order valence-electron chi connectivity index (χ3n) is 2.47. The molecule has 2 rings (SSSR count). The van der Waals surface area contributed by atoms with Crippen LogP contribution in [0.4, 0.5) is 5.13 Å². The second-order valence-electron chi connectivity index (χ2n) is 4.63. The van der Waals surface area contributed by atoms with Gasteiger partial charge in [-0.2, -0.15) is 0 Å². The number of benzene rings is 1. The molecule has 0 bridgehead atoms. The molecule has 1 N–H and O–H groups in total. The molecule has 1 heterocycles. The summed E-state index contributed by atoms with van der Waals surface area (Å²) in [5, 5.41) is 3.91. The van der Waals surface area contributed by atoms with E-state index < -0.39 is 9.84 Å². The Morgan fingerprint density at radius 3 is 2.83 bits per heavy atom. The van der Waals surface area contributed by atoms with Crippen LogP contribution in [0, 0.1) is 6.92 Å². The molecule has 0 amide bonds. The molecule has 0 fully saturated rings. The molecular formula is C12H16N2O2S2. The average Bonchev–Trinajstić information content (AvgIpc) is 2.55. The van der Waals surface area contributed by atoms with Crippen LogP contribution in [-0.2, 0) is 9.84 Å². The number of aromatic nitrogens is 1. The topological polar surface area (TPSA) is 59.1 Å². The summed E-state index contributed by atoms with van der Waals surface area (Å²) in [4.78, 5) is 4.46. The first kappa shape index (κ1) is 13.3. The Morgan fingerprint density at radius 2 is 2.17 bits per heavy atom. The van der Waals surface area contributed by atoms with E-state index in [0.29, 0.717) is 0 Å². The first-order valence-electron chi connectivity index (χ1n) is 5.65. The molecule has 0 radical (unpaired) electrons. The Labute approximate surface area is 111 Å². The van der Waals surface area contributed by atoms with Gasteiger partial charge >= 0.3 is 0 Å². The lowest BCUT2D eigenvalue weighted by Gasteiger charge is -2.10. The van der Waals surface area contributed by atoms with Crippen LogP contribution in [0.3, 0.4) is 0 Å². The molecule has 1 atom stereocenters. The van der Waals surface area contributed by atoms with Crippen LogP contribution in [0.2, 0.25) is 0 Å². The van der Waals surface area contributed by atoms with Gasteiger partial charge in [-0.25, -0.2) is 13.4 Å². The lowest BCUT2D eigenvalue weighted by molar-refractivity contribution is 0.598. The van der Waals surface area contributed by atoms with E-state index in [1.54, 1.807) is 11.3 Å². The molecular weight excluding hydrogens is 268 g/mol. The van der Waals surface area contributed by atoms with Crippen molar-refractivity contribution < 1.29 is 8.42 Å². The fraction of sp³-hybridized carbons (Fsp3) is 0.417. The van der Waals surface area contributed by atoms with Crippen LogP contribution in [0.25, 0.3) is 10.2 Å². The Hall–Kier alpha value is -1.14. The van der Waals surface area contributed by atoms with E-state index in [2.05, 4.69) is 10.3 Å². The Balaban J connectivity index is 2.17. The van der Waals surface area contributed by atoms with E-state index in [9.17, 15) is 8.42 Å². The van der Waals surface area contributed by atoms with Gasteiger partial charge in [-0.1, -0.05) is 17.4 Å². The van der Waals surface area contributed by atoms with Crippen molar-refractivity contribution in [2.24, 2.45) is 0 Å². The van der Waals surface area contributed by atoms with Crippen LogP contribution in [0.15, 0.2) is 18.2 Å². The molecule has 98 valence electrons. The predicted molar refractivity (Wildman–Crippen MR) is 77.2 cm³/mol. The minimum absolute atomic E-state index is 0.113. The standard InChI is InChI=1S/C12H16N2O2S2/c1-8-4-5-11-10(6-8)14-12(17-11)13-9(2)7-18(3,15)16/h4-6,9H,7H2,1-3H3,(H,13,14). The number of fused-ring (bicyclic) bond motifs is 1. The zero-order valence-electron chi connectivity index (χ0n) is 10.6. The van der Waals surface area contributed by atoms with Crippen LogP contribution in [-0.4, -0.2) is 31.5 Å². The van der Waals surface area contributed by atoms with E-state index in [1.165, 1.54) is 11.8 Å². The van der Waals surface area contributed by atoms with Gasteiger partial charge in [0, 0.05) is 12.3 Å². The minimum Gasteiger partial charge on any atom is -0.358 e. The van der Waals surface area contributed by atoms with Gasteiger partial charge < -0.3 is 5.32 Å². The third-order valence-corrected chi connectivity index (χ3v) is 4.54. The summed E-state index contributed by atoms with van der Waals surface area (Å²) in [6.07, 6.45) is 1.24. The highest BCUT2D eigenvalue weighted by molar-refractivity contribution is 7.90. The molecule has 0 saturated heterocycles. The molecule has 0 aliphatic heterocycles. The summed E-state index contributed by atoms with van der Waals surface area (Å²) in [6, 6.07) is 5.97. The van der Waals surface area contributed by atoms with Gasteiger partial charge in [-0.15, -0.1) is 0 Å². The van der Waals surface area contributed by atoms with Crippen LogP contribution in [0.5, 0.6) is 0 Å². The number of sulfone groups is 1. The summed E-state index contributed by atoms with van der Waals surface area (Å²) in [7, 11) is -2.97. The maximum Gasteiger partial charge on any atom is 0.184 e. The summed E-state index contributed by atoms with van der Waals surface area (Å²) >= 11 is 1.54. The molecule has 0 spiro atoms. The monoisotopic (exact) mass is 284 g/mol. The molecule has 4 nitrogen and oxygen atoms in total. The molecule has 0 aliphatic rings. The van der Waals surface area contributed by atoms with Gasteiger partial charge in [0.25, 0.3) is 0 Å². The average molecular weight is 284 g/mol. The number of anilines is 1. The van der Waals surface area contributed by atoms with Gasteiger partial charge in [-0.05, 0) is 31.5 Å².